The van der Waals surface area contributed by atoms with Crippen molar-refractivity contribution in [1.29, 1.82) is 0 Å². The Balaban J connectivity index is 1.43. The summed E-state index contributed by atoms with van der Waals surface area (Å²) in [5.74, 6) is 0.663. The molecule has 2 fully saturated rings. The first-order valence-electron chi connectivity index (χ1n) is 9.02. The number of likely N-dealkylation sites (tertiary alicyclic amines) is 1. The highest BCUT2D eigenvalue weighted by molar-refractivity contribution is 6.30. The van der Waals surface area contributed by atoms with E-state index in [1.54, 1.807) is 30.2 Å². The maximum Gasteiger partial charge on any atom is 0.246 e. The van der Waals surface area contributed by atoms with Crippen molar-refractivity contribution in [2.75, 3.05) is 58.2 Å². The lowest BCUT2D eigenvalue weighted by Crippen LogP contribution is -2.64. The Morgan fingerprint density at radius 1 is 1.26 bits per heavy atom. The maximum atomic E-state index is 12.5. The average molecular weight is 393 g/mol. The molecule has 0 saturated carbocycles. The first-order valence-corrected chi connectivity index (χ1v) is 9.40. The van der Waals surface area contributed by atoms with Crippen LogP contribution < -0.4 is 10.1 Å². The summed E-state index contributed by atoms with van der Waals surface area (Å²) >= 11 is 5.96. The number of rotatable bonds is 6. The number of ether oxygens (including phenoxy) is 1. The second kappa shape index (κ2) is 8.63. The smallest absolute Gasteiger partial charge is 0.246 e. The zero-order valence-electron chi connectivity index (χ0n) is 15.5. The van der Waals surface area contributed by atoms with E-state index in [9.17, 15) is 9.59 Å². The number of hydrogen-bond acceptors (Lipinski definition) is 5. The number of piperazine rings is 1. The average Bonchev–Trinajstić information content (AvgIpc) is 2.65. The minimum atomic E-state index is -0.0104. The van der Waals surface area contributed by atoms with Gasteiger partial charge in [-0.15, -0.1) is 0 Å². The van der Waals surface area contributed by atoms with Crippen LogP contribution in [0.2, 0.25) is 5.02 Å². The third-order valence-electron chi connectivity index (χ3n) is 5.13. The van der Waals surface area contributed by atoms with Crippen LogP contribution in [-0.4, -0.2) is 85.5 Å². The van der Waals surface area contributed by atoms with E-state index in [-0.39, 0.29) is 18.4 Å². The summed E-state index contributed by atoms with van der Waals surface area (Å²) in [4.78, 5) is 30.0. The van der Waals surface area contributed by atoms with E-state index in [2.05, 4.69) is 16.8 Å². The third-order valence-corrected chi connectivity index (χ3v) is 5.36. The number of carbonyl (C=O) groups excluding carboxylic acids is 2. The van der Waals surface area contributed by atoms with Gasteiger partial charge in [-0.05, 0) is 18.2 Å². The molecule has 0 radical (unpaired) electrons. The quantitative estimate of drug-likeness (QED) is 0.739. The van der Waals surface area contributed by atoms with E-state index in [0.29, 0.717) is 29.9 Å². The summed E-state index contributed by atoms with van der Waals surface area (Å²) in [5.41, 5.74) is 0.746. The van der Waals surface area contributed by atoms with Crippen LogP contribution >= 0.6 is 11.6 Å². The number of amides is 2. The molecular formula is C19H25ClN4O3. The summed E-state index contributed by atoms with van der Waals surface area (Å²) in [7, 11) is 1.57. The molecule has 0 aromatic heterocycles. The van der Waals surface area contributed by atoms with Crippen LogP contribution in [0.3, 0.4) is 0 Å². The number of nitrogens with one attached hydrogen (secondary N) is 1. The molecule has 2 heterocycles. The second-order valence-corrected chi connectivity index (χ2v) is 7.15. The fourth-order valence-electron chi connectivity index (χ4n) is 3.43. The number of methoxy groups -OCH3 is 1. The standard InChI is InChI=1S/C19H25ClN4O3/c1-3-18(25)24-12-15(13-24)22-6-8-23(9-7-22)19(26)11-21-16-5-4-14(20)10-17(16)27-2/h3-5,10,15,21H,1,6-9,11-13H2,2H3. The predicted molar refractivity (Wildman–Crippen MR) is 105 cm³/mol. The normalized spacial score (nSPS) is 18.0. The van der Waals surface area contributed by atoms with Gasteiger partial charge >= 0.3 is 0 Å². The van der Waals surface area contributed by atoms with E-state index in [1.165, 1.54) is 6.08 Å². The van der Waals surface area contributed by atoms with E-state index < -0.39 is 0 Å². The van der Waals surface area contributed by atoms with E-state index in [4.69, 9.17) is 16.3 Å². The molecule has 0 atom stereocenters. The number of nitrogens with zero attached hydrogens (tertiary/aromatic N) is 3. The first kappa shape index (κ1) is 19.5. The molecule has 146 valence electrons. The van der Waals surface area contributed by atoms with Gasteiger partial charge in [0.1, 0.15) is 5.75 Å². The Hall–Kier alpha value is -2.25. The van der Waals surface area contributed by atoms with Crippen LogP contribution in [0.4, 0.5) is 5.69 Å². The number of halogens is 1. The molecule has 3 rings (SSSR count). The fourth-order valence-corrected chi connectivity index (χ4v) is 3.59. The second-order valence-electron chi connectivity index (χ2n) is 6.72. The lowest BCUT2D eigenvalue weighted by Gasteiger charge is -2.47. The number of anilines is 1. The van der Waals surface area contributed by atoms with Crippen molar-refractivity contribution >= 4 is 29.1 Å². The lowest BCUT2D eigenvalue weighted by atomic mass is 10.1. The molecule has 0 spiro atoms. The minimum absolute atomic E-state index is 0.0104. The van der Waals surface area contributed by atoms with Crippen molar-refractivity contribution in [2.45, 2.75) is 6.04 Å². The van der Waals surface area contributed by atoms with Crippen molar-refractivity contribution < 1.29 is 14.3 Å². The van der Waals surface area contributed by atoms with Crippen LogP contribution in [0.25, 0.3) is 0 Å². The van der Waals surface area contributed by atoms with Crippen molar-refractivity contribution in [3.8, 4) is 5.75 Å². The van der Waals surface area contributed by atoms with Gasteiger partial charge < -0.3 is 19.9 Å². The molecule has 7 nitrogen and oxygen atoms in total. The predicted octanol–water partition coefficient (Wildman–Crippen LogP) is 1.30. The van der Waals surface area contributed by atoms with Gasteiger partial charge in [-0.3, -0.25) is 14.5 Å². The summed E-state index contributed by atoms with van der Waals surface area (Å²) in [5, 5.41) is 3.71. The highest BCUT2D eigenvalue weighted by Crippen LogP contribution is 2.27. The van der Waals surface area contributed by atoms with Gasteiger partial charge in [0.05, 0.1) is 19.3 Å². The van der Waals surface area contributed by atoms with Crippen LogP contribution in [0, 0.1) is 0 Å². The summed E-state index contributed by atoms with van der Waals surface area (Å²) in [6, 6.07) is 5.67. The van der Waals surface area contributed by atoms with Gasteiger partial charge in [0.15, 0.2) is 0 Å². The fraction of sp³-hybridized carbons (Fsp3) is 0.474. The van der Waals surface area contributed by atoms with Crippen molar-refractivity contribution in [3.63, 3.8) is 0 Å². The molecule has 0 aliphatic carbocycles. The van der Waals surface area contributed by atoms with Gasteiger partial charge in [0.25, 0.3) is 0 Å². The van der Waals surface area contributed by atoms with Crippen LogP contribution in [-0.2, 0) is 9.59 Å². The van der Waals surface area contributed by atoms with Gasteiger partial charge in [-0.2, -0.15) is 0 Å². The molecule has 2 aliphatic rings. The Morgan fingerprint density at radius 3 is 2.59 bits per heavy atom. The summed E-state index contributed by atoms with van der Waals surface area (Å²) < 4.78 is 5.28. The van der Waals surface area contributed by atoms with Crippen molar-refractivity contribution in [2.24, 2.45) is 0 Å². The highest BCUT2D eigenvalue weighted by atomic mass is 35.5. The number of carbonyl (C=O) groups is 2. The molecule has 2 aliphatic heterocycles. The molecule has 1 N–H and O–H groups in total. The molecule has 2 saturated heterocycles. The summed E-state index contributed by atoms with van der Waals surface area (Å²) in [6.45, 7) is 8.28. The molecule has 27 heavy (non-hydrogen) atoms. The zero-order valence-corrected chi connectivity index (χ0v) is 16.2. The molecule has 0 unspecified atom stereocenters. The van der Waals surface area contributed by atoms with Crippen molar-refractivity contribution in [3.05, 3.63) is 35.9 Å². The van der Waals surface area contributed by atoms with Crippen molar-refractivity contribution in [1.82, 2.24) is 14.7 Å². The first-order chi connectivity index (χ1) is 13.0. The molecule has 1 aromatic carbocycles. The van der Waals surface area contributed by atoms with Gasteiger partial charge in [0, 0.05) is 56.4 Å². The van der Waals surface area contributed by atoms with Crippen LogP contribution in [0.5, 0.6) is 5.75 Å². The SMILES string of the molecule is C=CC(=O)N1CC(N2CCN(C(=O)CNc3ccc(Cl)cc3OC)CC2)C1. The van der Waals surface area contributed by atoms with Gasteiger partial charge in [-0.25, -0.2) is 0 Å². The lowest BCUT2D eigenvalue weighted by molar-refractivity contribution is -0.135. The molecule has 2 amide bonds. The van der Waals surface area contributed by atoms with E-state index >= 15 is 0 Å². The molecule has 1 aromatic rings. The Labute approximate surface area is 164 Å². The number of hydrogen-bond donors (Lipinski definition) is 1. The Kier molecular flexibility index (Phi) is 6.23. The summed E-state index contributed by atoms with van der Waals surface area (Å²) in [6.07, 6.45) is 1.36. The maximum absolute atomic E-state index is 12.5. The Bertz CT molecular complexity index is 713. The van der Waals surface area contributed by atoms with Crippen LogP contribution in [0.1, 0.15) is 0 Å². The van der Waals surface area contributed by atoms with Gasteiger partial charge in [-0.1, -0.05) is 18.2 Å². The largest absolute Gasteiger partial charge is 0.495 e. The highest BCUT2D eigenvalue weighted by Gasteiger charge is 2.35. The molecular weight excluding hydrogens is 368 g/mol. The third kappa shape index (κ3) is 4.54. The van der Waals surface area contributed by atoms with Gasteiger partial charge in [0.2, 0.25) is 11.8 Å². The minimum Gasteiger partial charge on any atom is -0.495 e. The zero-order chi connectivity index (χ0) is 19.4. The molecule has 0 bridgehead atoms. The topological polar surface area (TPSA) is 65.1 Å². The van der Waals surface area contributed by atoms with Crippen LogP contribution in [0.15, 0.2) is 30.9 Å². The Morgan fingerprint density at radius 2 is 1.96 bits per heavy atom. The number of benzene rings is 1. The van der Waals surface area contributed by atoms with E-state index in [1.807, 2.05) is 4.90 Å². The van der Waals surface area contributed by atoms with E-state index in [0.717, 1.165) is 31.9 Å². The monoisotopic (exact) mass is 392 g/mol. The molecule has 8 heteroatoms.